The van der Waals surface area contributed by atoms with Crippen molar-refractivity contribution in [1.29, 1.82) is 0 Å². The molecule has 4 nitrogen and oxygen atoms in total. The Bertz CT molecular complexity index is 1410. The summed E-state index contributed by atoms with van der Waals surface area (Å²) in [5.41, 5.74) is 4.87. The molecule has 2 aromatic carbocycles. The normalized spacial score (nSPS) is 16.8. The Labute approximate surface area is 229 Å². The number of terminal acetylenes is 1. The molecule has 0 saturated heterocycles. The van der Waals surface area contributed by atoms with E-state index in [4.69, 9.17) is 11.2 Å². The van der Waals surface area contributed by atoms with Crippen LogP contribution >= 0.6 is 0 Å². The number of ether oxygens (including phenoxy) is 1. The number of hydrogen-bond acceptors (Lipinski definition) is 4. The standard InChI is InChI=1S/C33H34F2N2O2/c1-5-18-39-30-17-15-25(31(34)32(30)35)27-20-36-33-26(27)10-8-9-11-28(33)37-23-13-14-24(22(7-3)19-23)29(38)16-12-21(4)6-2/h1,8-9,11,13-15,17,19-21,26,37H,6-7,10,12,16,18H2,2-4H3/t21-,26?/m0/s1. The zero-order chi connectivity index (χ0) is 27.9. The van der Waals surface area contributed by atoms with E-state index < -0.39 is 11.6 Å². The van der Waals surface area contributed by atoms with Crippen LogP contribution in [0.5, 0.6) is 5.75 Å². The molecule has 1 aliphatic carbocycles. The molecule has 0 amide bonds. The number of aryl methyl sites for hydroxylation is 1. The lowest BCUT2D eigenvalue weighted by molar-refractivity contribution is 0.0973. The minimum absolute atomic E-state index is 0.146. The molecule has 0 spiro atoms. The number of nitrogens with zero attached hydrogens (tertiary/aromatic N) is 1. The van der Waals surface area contributed by atoms with Gasteiger partial charge in [-0.3, -0.25) is 9.79 Å². The molecule has 2 aliphatic rings. The second-order valence-electron chi connectivity index (χ2n) is 9.95. The molecule has 4 rings (SSSR count). The van der Waals surface area contributed by atoms with Crippen LogP contribution in [0.1, 0.15) is 67.9 Å². The van der Waals surface area contributed by atoms with E-state index in [9.17, 15) is 9.18 Å². The van der Waals surface area contributed by atoms with Crippen LogP contribution in [0.15, 0.2) is 65.4 Å². The summed E-state index contributed by atoms with van der Waals surface area (Å²) >= 11 is 0. The van der Waals surface area contributed by atoms with Crippen molar-refractivity contribution in [3.05, 3.63) is 88.8 Å². The summed E-state index contributed by atoms with van der Waals surface area (Å²) in [7, 11) is 0. The van der Waals surface area contributed by atoms with Gasteiger partial charge in [-0.1, -0.05) is 45.3 Å². The number of carbonyl (C=O) groups excluding carboxylic acids is 1. The van der Waals surface area contributed by atoms with Gasteiger partial charge in [0.25, 0.3) is 0 Å². The molecule has 1 aliphatic heterocycles. The van der Waals surface area contributed by atoms with Crippen molar-refractivity contribution < 1.29 is 18.3 Å². The van der Waals surface area contributed by atoms with E-state index in [1.165, 1.54) is 12.1 Å². The lowest BCUT2D eigenvalue weighted by Crippen LogP contribution is -2.19. The predicted molar refractivity (Wildman–Crippen MR) is 154 cm³/mol. The number of fused-ring (bicyclic) bond motifs is 1. The van der Waals surface area contributed by atoms with Crippen LogP contribution in [0.25, 0.3) is 5.57 Å². The van der Waals surface area contributed by atoms with Gasteiger partial charge in [0, 0.05) is 35.4 Å². The third-order valence-electron chi connectivity index (χ3n) is 7.39. The first-order chi connectivity index (χ1) is 18.9. The Morgan fingerprint density at radius 2 is 2.05 bits per heavy atom. The monoisotopic (exact) mass is 528 g/mol. The van der Waals surface area contributed by atoms with Gasteiger partial charge in [0.1, 0.15) is 6.61 Å². The zero-order valence-electron chi connectivity index (χ0n) is 22.7. The fourth-order valence-corrected chi connectivity index (χ4v) is 4.88. The van der Waals surface area contributed by atoms with Crippen molar-refractivity contribution in [2.75, 3.05) is 11.9 Å². The average Bonchev–Trinajstić information content (AvgIpc) is 3.26. The third-order valence-corrected chi connectivity index (χ3v) is 7.39. The van der Waals surface area contributed by atoms with E-state index in [1.54, 1.807) is 6.20 Å². The maximum atomic E-state index is 15.1. The minimum atomic E-state index is -1.07. The number of Topliss-reactive ketones (excluding diaryl/α,β-unsaturated/α-hetero) is 1. The Hall–Kier alpha value is -3.98. The number of anilines is 1. The SMILES string of the molecule is C#CCOc1ccc(C2=CN=C3C(Nc4ccc(C(=O)CC[C@@H](C)CC)c(CC)c4)=CC=CCC23)c(F)c1F. The Balaban J connectivity index is 1.53. The largest absolute Gasteiger partial charge is 0.478 e. The van der Waals surface area contributed by atoms with Crippen LogP contribution in [0.3, 0.4) is 0 Å². The predicted octanol–water partition coefficient (Wildman–Crippen LogP) is 7.92. The molecule has 2 atom stereocenters. The van der Waals surface area contributed by atoms with Crippen LogP contribution in [0, 0.1) is 35.8 Å². The van der Waals surface area contributed by atoms with E-state index >= 15 is 4.39 Å². The number of allylic oxidation sites excluding steroid dienone is 5. The molecule has 0 radical (unpaired) electrons. The van der Waals surface area contributed by atoms with E-state index in [0.717, 1.165) is 47.5 Å². The summed E-state index contributed by atoms with van der Waals surface area (Å²) < 4.78 is 34.9. The Morgan fingerprint density at radius 1 is 1.23 bits per heavy atom. The van der Waals surface area contributed by atoms with Crippen molar-refractivity contribution in [3.8, 4) is 18.1 Å². The van der Waals surface area contributed by atoms with Crippen LogP contribution < -0.4 is 10.1 Å². The summed E-state index contributed by atoms with van der Waals surface area (Å²) in [5, 5.41) is 3.45. The first-order valence-corrected chi connectivity index (χ1v) is 13.5. The molecule has 39 heavy (non-hydrogen) atoms. The molecule has 1 N–H and O–H groups in total. The van der Waals surface area contributed by atoms with Gasteiger partial charge >= 0.3 is 0 Å². The molecule has 0 aromatic heterocycles. The van der Waals surface area contributed by atoms with Crippen molar-refractivity contribution >= 4 is 22.8 Å². The summed E-state index contributed by atoms with van der Waals surface area (Å²) in [5.74, 6) is 0.431. The molecule has 202 valence electrons. The number of nitrogens with one attached hydrogen (secondary N) is 1. The van der Waals surface area contributed by atoms with Crippen LogP contribution in [0.2, 0.25) is 0 Å². The van der Waals surface area contributed by atoms with Gasteiger partial charge in [-0.25, -0.2) is 4.39 Å². The van der Waals surface area contributed by atoms with Gasteiger partial charge in [0.2, 0.25) is 5.82 Å². The van der Waals surface area contributed by atoms with E-state index in [1.807, 2.05) is 43.4 Å². The molecule has 0 fully saturated rings. The van der Waals surface area contributed by atoms with Gasteiger partial charge in [-0.05, 0) is 72.7 Å². The molecule has 0 bridgehead atoms. The quantitative estimate of drug-likeness (QED) is 0.238. The van der Waals surface area contributed by atoms with Crippen molar-refractivity contribution in [2.24, 2.45) is 16.8 Å². The van der Waals surface area contributed by atoms with E-state index in [2.05, 4.69) is 30.1 Å². The highest BCUT2D eigenvalue weighted by atomic mass is 19.2. The zero-order valence-corrected chi connectivity index (χ0v) is 22.7. The Morgan fingerprint density at radius 3 is 2.79 bits per heavy atom. The van der Waals surface area contributed by atoms with Gasteiger partial charge in [-0.15, -0.1) is 6.42 Å². The molecule has 1 unspecified atom stereocenters. The van der Waals surface area contributed by atoms with E-state index in [0.29, 0.717) is 24.3 Å². The highest BCUT2D eigenvalue weighted by Crippen LogP contribution is 2.39. The maximum Gasteiger partial charge on any atom is 0.201 e. The number of rotatable bonds is 11. The van der Waals surface area contributed by atoms with Crippen LogP contribution in [-0.2, 0) is 6.42 Å². The van der Waals surface area contributed by atoms with Crippen LogP contribution in [-0.4, -0.2) is 18.1 Å². The second kappa shape index (κ2) is 12.7. The fraction of sp³-hybridized carbons (Fsp3) is 0.333. The van der Waals surface area contributed by atoms with Gasteiger partial charge in [-0.2, -0.15) is 4.39 Å². The van der Waals surface area contributed by atoms with Gasteiger partial charge < -0.3 is 10.1 Å². The molecule has 2 aromatic rings. The summed E-state index contributed by atoms with van der Waals surface area (Å²) in [6.45, 7) is 6.21. The highest BCUT2D eigenvalue weighted by Gasteiger charge is 2.31. The number of carbonyl (C=O) groups is 1. The first-order valence-electron chi connectivity index (χ1n) is 13.5. The lowest BCUT2D eigenvalue weighted by atomic mass is 9.87. The molecular weight excluding hydrogens is 494 g/mol. The number of halogens is 2. The maximum absolute atomic E-state index is 15.1. The summed E-state index contributed by atoms with van der Waals surface area (Å²) in [6, 6.07) is 8.71. The minimum Gasteiger partial charge on any atom is -0.478 e. The summed E-state index contributed by atoms with van der Waals surface area (Å²) in [4.78, 5) is 17.5. The molecular formula is C33H34F2N2O2. The van der Waals surface area contributed by atoms with Crippen molar-refractivity contribution in [1.82, 2.24) is 0 Å². The van der Waals surface area contributed by atoms with Gasteiger partial charge in [0.05, 0.1) is 11.4 Å². The lowest BCUT2D eigenvalue weighted by Gasteiger charge is -2.20. The number of ketones is 1. The number of hydrogen-bond donors (Lipinski definition) is 1. The topological polar surface area (TPSA) is 50.7 Å². The average molecular weight is 529 g/mol. The number of aliphatic imine (C=N–C) groups is 1. The molecule has 0 saturated carbocycles. The second-order valence-corrected chi connectivity index (χ2v) is 9.95. The van der Waals surface area contributed by atoms with Crippen molar-refractivity contribution in [3.63, 3.8) is 0 Å². The van der Waals surface area contributed by atoms with E-state index in [-0.39, 0.29) is 29.6 Å². The third kappa shape index (κ3) is 6.20. The van der Waals surface area contributed by atoms with Crippen molar-refractivity contribution in [2.45, 2.75) is 52.9 Å². The summed E-state index contributed by atoms with van der Waals surface area (Å²) in [6.07, 6.45) is 16.4. The Kier molecular flexibility index (Phi) is 9.14. The highest BCUT2D eigenvalue weighted by molar-refractivity contribution is 6.13. The first kappa shape index (κ1) is 28.0. The molecule has 6 heteroatoms. The van der Waals surface area contributed by atoms with Gasteiger partial charge in [0.15, 0.2) is 17.3 Å². The molecule has 1 heterocycles. The fourth-order valence-electron chi connectivity index (χ4n) is 4.88. The van der Waals surface area contributed by atoms with Crippen LogP contribution in [0.4, 0.5) is 14.5 Å². The number of benzene rings is 2. The smallest absolute Gasteiger partial charge is 0.201 e.